The molecule has 3 unspecified atom stereocenters. The summed E-state index contributed by atoms with van der Waals surface area (Å²) in [6.45, 7) is 4.48. The molecule has 0 radical (unpaired) electrons. The molecule has 0 heterocycles. The zero-order valence-corrected chi connectivity index (χ0v) is 35.9. The third-order valence-corrected chi connectivity index (χ3v) is 11.0. The highest BCUT2D eigenvalue weighted by molar-refractivity contribution is 7.45. The van der Waals surface area contributed by atoms with Crippen molar-refractivity contribution < 1.29 is 32.9 Å². The standard InChI is InChI=1S/C43H87N2O6P/c1-6-8-10-11-12-13-14-15-16-17-18-19-20-21-22-23-24-25-26-27-28-29-30-31-32-33-35-36-42(46)41(44-43(47)37-34-9-7-2)40-51-52(48,49)50-39-38-45(3,4)5/h35-36,41-42,46H,6-34,37-40H2,1-5H3,(H-,44,47,48,49)/b36-35+. The number of allylic oxidation sites excluding steroid dienone is 1. The smallest absolute Gasteiger partial charge is 0.268 e. The van der Waals surface area contributed by atoms with Gasteiger partial charge in [0.25, 0.3) is 7.82 Å². The maximum absolute atomic E-state index is 12.5. The molecule has 0 spiro atoms. The van der Waals surface area contributed by atoms with Gasteiger partial charge in [0, 0.05) is 6.42 Å². The van der Waals surface area contributed by atoms with Gasteiger partial charge in [-0.25, -0.2) is 0 Å². The first kappa shape index (κ1) is 51.2. The molecule has 0 fully saturated rings. The van der Waals surface area contributed by atoms with Crippen LogP contribution in [-0.2, 0) is 18.4 Å². The number of phosphoric acid groups is 1. The monoisotopic (exact) mass is 759 g/mol. The zero-order chi connectivity index (χ0) is 38.6. The first-order valence-electron chi connectivity index (χ1n) is 22.1. The zero-order valence-electron chi connectivity index (χ0n) is 35.0. The van der Waals surface area contributed by atoms with Crippen molar-refractivity contribution in [1.29, 1.82) is 0 Å². The lowest BCUT2D eigenvalue weighted by atomic mass is 10.0. The summed E-state index contributed by atoms with van der Waals surface area (Å²) < 4.78 is 22.9. The molecule has 0 saturated heterocycles. The molecular weight excluding hydrogens is 671 g/mol. The number of aliphatic hydroxyl groups excluding tert-OH is 1. The highest BCUT2D eigenvalue weighted by atomic mass is 31.2. The van der Waals surface area contributed by atoms with Gasteiger partial charge < -0.3 is 28.8 Å². The van der Waals surface area contributed by atoms with Crippen LogP contribution in [0.2, 0.25) is 0 Å². The van der Waals surface area contributed by atoms with Gasteiger partial charge in [0.05, 0.1) is 39.9 Å². The molecule has 0 aromatic heterocycles. The topological polar surface area (TPSA) is 108 Å². The summed E-state index contributed by atoms with van der Waals surface area (Å²) in [7, 11) is 1.26. The van der Waals surface area contributed by atoms with E-state index in [1.54, 1.807) is 6.08 Å². The van der Waals surface area contributed by atoms with E-state index >= 15 is 0 Å². The fraction of sp³-hybridized carbons (Fsp3) is 0.930. The van der Waals surface area contributed by atoms with Crippen molar-refractivity contribution in [3.63, 3.8) is 0 Å². The Morgan fingerprint density at radius 3 is 1.44 bits per heavy atom. The number of unbranched alkanes of at least 4 members (excludes halogenated alkanes) is 27. The first-order chi connectivity index (χ1) is 25.0. The molecule has 0 saturated carbocycles. The van der Waals surface area contributed by atoms with E-state index in [0.29, 0.717) is 17.4 Å². The maximum Gasteiger partial charge on any atom is 0.268 e. The fourth-order valence-electron chi connectivity index (χ4n) is 6.45. The number of amides is 1. The predicted octanol–water partition coefficient (Wildman–Crippen LogP) is 11.3. The number of quaternary nitrogens is 1. The lowest BCUT2D eigenvalue weighted by Gasteiger charge is -2.29. The van der Waals surface area contributed by atoms with Gasteiger partial charge in [-0.1, -0.05) is 193 Å². The lowest BCUT2D eigenvalue weighted by molar-refractivity contribution is -0.870. The molecule has 0 aromatic rings. The second kappa shape index (κ2) is 35.9. The lowest BCUT2D eigenvalue weighted by Crippen LogP contribution is -2.45. The van der Waals surface area contributed by atoms with E-state index in [2.05, 4.69) is 19.2 Å². The number of likely N-dealkylation sites (N-methyl/N-ethyl adjacent to an activating group) is 1. The molecular formula is C43H87N2O6P. The summed E-state index contributed by atoms with van der Waals surface area (Å²) in [6.07, 6.45) is 40.8. The van der Waals surface area contributed by atoms with Crippen molar-refractivity contribution in [2.75, 3.05) is 40.9 Å². The second-order valence-electron chi connectivity index (χ2n) is 16.4. The maximum atomic E-state index is 12.5. The molecule has 0 aliphatic carbocycles. The summed E-state index contributed by atoms with van der Waals surface area (Å²) in [4.78, 5) is 24.7. The van der Waals surface area contributed by atoms with Crippen molar-refractivity contribution in [3.05, 3.63) is 12.2 Å². The molecule has 0 bridgehead atoms. The Hall–Kier alpha value is -0.760. The molecule has 2 N–H and O–H groups in total. The van der Waals surface area contributed by atoms with Crippen LogP contribution >= 0.6 is 7.82 Å². The minimum atomic E-state index is -4.56. The minimum absolute atomic E-state index is 0.000386. The van der Waals surface area contributed by atoms with E-state index in [4.69, 9.17) is 9.05 Å². The fourth-order valence-corrected chi connectivity index (χ4v) is 7.17. The summed E-state index contributed by atoms with van der Waals surface area (Å²) in [6, 6.07) is -0.876. The normalized spacial score (nSPS) is 14.5. The molecule has 9 heteroatoms. The molecule has 8 nitrogen and oxygen atoms in total. The van der Waals surface area contributed by atoms with Crippen LogP contribution < -0.4 is 10.2 Å². The number of nitrogens with one attached hydrogen (secondary N) is 1. The number of hydrogen-bond acceptors (Lipinski definition) is 6. The molecule has 52 heavy (non-hydrogen) atoms. The average Bonchev–Trinajstić information content (AvgIpc) is 3.09. The number of aliphatic hydroxyl groups is 1. The van der Waals surface area contributed by atoms with Crippen LogP contribution in [0, 0.1) is 0 Å². The Morgan fingerprint density at radius 2 is 1.04 bits per heavy atom. The molecule has 310 valence electrons. The Balaban J connectivity index is 3.90. The molecule has 0 aliphatic heterocycles. The summed E-state index contributed by atoms with van der Waals surface area (Å²) in [5, 5.41) is 13.6. The average molecular weight is 759 g/mol. The highest BCUT2D eigenvalue weighted by Crippen LogP contribution is 2.38. The third-order valence-electron chi connectivity index (χ3n) is 10.00. The van der Waals surface area contributed by atoms with Gasteiger partial charge in [-0.2, -0.15) is 0 Å². The number of rotatable bonds is 40. The summed E-state index contributed by atoms with van der Waals surface area (Å²) >= 11 is 0. The van der Waals surface area contributed by atoms with Crippen LogP contribution in [0.25, 0.3) is 0 Å². The van der Waals surface area contributed by atoms with Gasteiger partial charge in [-0.3, -0.25) is 9.36 Å². The van der Waals surface area contributed by atoms with E-state index in [1.165, 1.54) is 148 Å². The Labute approximate surface area is 322 Å². The van der Waals surface area contributed by atoms with E-state index in [0.717, 1.165) is 38.5 Å². The van der Waals surface area contributed by atoms with Crippen molar-refractivity contribution in [1.82, 2.24) is 5.32 Å². The first-order valence-corrected chi connectivity index (χ1v) is 23.5. The Bertz CT molecular complexity index is 865. The highest BCUT2D eigenvalue weighted by Gasteiger charge is 2.23. The van der Waals surface area contributed by atoms with Gasteiger partial charge >= 0.3 is 0 Å². The molecule has 0 aliphatic rings. The molecule has 0 aromatic carbocycles. The van der Waals surface area contributed by atoms with Gasteiger partial charge in [-0.15, -0.1) is 0 Å². The summed E-state index contributed by atoms with van der Waals surface area (Å²) in [5.41, 5.74) is 0. The minimum Gasteiger partial charge on any atom is -0.756 e. The van der Waals surface area contributed by atoms with Crippen LogP contribution in [0.4, 0.5) is 0 Å². The summed E-state index contributed by atoms with van der Waals surface area (Å²) in [5.74, 6) is -0.221. The number of phosphoric ester groups is 1. The number of nitrogens with zero attached hydrogens (tertiary/aromatic N) is 1. The van der Waals surface area contributed by atoms with Crippen LogP contribution in [0.15, 0.2) is 12.2 Å². The second-order valence-corrected chi connectivity index (χ2v) is 17.8. The number of carbonyl (C=O) groups excluding carboxylic acids is 1. The van der Waals surface area contributed by atoms with Crippen LogP contribution in [-0.4, -0.2) is 68.5 Å². The molecule has 3 atom stereocenters. The Morgan fingerprint density at radius 1 is 0.654 bits per heavy atom. The third kappa shape index (κ3) is 37.6. The van der Waals surface area contributed by atoms with Gasteiger partial charge in [0.2, 0.25) is 5.91 Å². The largest absolute Gasteiger partial charge is 0.756 e. The van der Waals surface area contributed by atoms with Gasteiger partial charge in [-0.05, 0) is 19.3 Å². The van der Waals surface area contributed by atoms with Gasteiger partial charge in [0.15, 0.2) is 0 Å². The van der Waals surface area contributed by atoms with E-state index < -0.39 is 20.0 Å². The van der Waals surface area contributed by atoms with Crippen molar-refractivity contribution in [2.24, 2.45) is 0 Å². The van der Waals surface area contributed by atoms with Gasteiger partial charge in [0.1, 0.15) is 13.2 Å². The molecule has 0 rings (SSSR count). The number of hydrogen-bond donors (Lipinski definition) is 2. The van der Waals surface area contributed by atoms with Crippen molar-refractivity contribution in [2.45, 2.75) is 219 Å². The Kier molecular flexibility index (Phi) is 35.4. The predicted molar refractivity (Wildman–Crippen MR) is 219 cm³/mol. The van der Waals surface area contributed by atoms with E-state index in [1.807, 2.05) is 27.2 Å². The SMILES string of the molecule is CCCCCCCCCCCCCCCCCCCCCCCCCCC/C=C/C(O)C(COP(=O)([O-])OCC[N+](C)(C)C)NC(=O)CCCCC. The number of carbonyl (C=O) groups is 1. The van der Waals surface area contributed by atoms with Crippen molar-refractivity contribution >= 4 is 13.7 Å². The van der Waals surface area contributed by atoms with Crippen LogP contribution in [0.5, 0.6) is 0 Å². The van der Waals surface area contributed by atoms with E-state index in [9.17, 15) is 19.4 Å². The van der Waals surface area contributed by atoms with Crippen molar-refractivity contribution in [3.8, 4) is 0 Å². The van der Waals surface area contributed by atoms with Crippen LogP contribution in [0.3, 0.4) is 0 Å². The quantitative estimate of drug-likeness (QED) is 0.0279. The molecule has 1 amide bonds. The van der Waals surface area contributed by atoms with Crippen LogP contribution in [0.1, 0.15) is 206 Å². The van der Waals surface area contributed by atoms with E-state index in [-0.39, 0.29) is 19.1 Å².